The fourth-order valence-electron chi connectivity index (χ4n) is 3.15. The Morgan fingerprint density at radius 2 is 1.68 bits per heavy atom. The average molecular weight is 499 g/mol. The fraction of sp³-hybridized carbons (Fsp3) is 0.200. The van der Waals surface area contributed by atoms with Gasteiger partial charge in [0.25, 0.3) is 10.0 Å². The number of benzene rings is 3. The van der Waals surface area contributed by atoms with Crippen molar-refractivity contribution in [3.63, 3.8) is 0 Å². The second-order valence-electron chi connectivity index (χ2n) is 7.90. The van der Waals surface area contributed by atoms with Gasteiger partial charge in [-0.05, 0) is 55.0 Å². The lowest BCUT2D eigenvalue weighted by Gasteiger charge is -2.24. The minimum Gasteiger partial charge on any atom is -0.378 e. The van der Waals surface area contributed by atoms with Crippen LogP contribution in [0.4, 0.5) is 11.4 Å². The number of nitrogens with zero attached hydrogens (tertiary/aromatic N) is 3. The third-order valence-corrected chi connectivity index (χ3v) is 7.14. The van der Waals surface area contributed by atoms with Gasteiger partial charge in [0.05, 0.1) is 16.8 Å². The highest BCUT2D eigenvalue weighted by atomic mass is 35.5. The first-order valence-electron chi connectivity index (χ1n) is 10.6. The average Bonchev–Trinajstić information content (AvgIpc) is 2.80. The molecule has 0 saturated carbocycles. The summed E-state index contributed by atoms with van der Waals surface area (Å²) in [4.78, 5) is 14.5. The summed E-state index contributed by atoms with van der Waals surface area (Å²) < 4.78 is 27.9. The molecule has 0 atom stereocenters. The van der Waals surface area contributed by atoms with Gasteiger partial charge in [0.2, 0.25) is 5.91 Å². The second-order valence-corrected chi connectivity index (χ2v) is 10.2. The van der Waals surface area contributed by atoms with Crippen LogP contribution < -0.4 is 14.6 Å². The normalized spacial score (nSPS) is 11.4. The van der Waals surface area contributed by atoms with E-state index in [0.717, 1.165) is 16.8 Å². The maximum Gasteiger partial charge on any atom is 0.264 e. The standard InChI is InChI=1S/C25H27ClN4O3S/c1-19-7-13-24(14-8-19)34(32,33)30(23-6-4-5-21(26)17-23)16-15-25(31)28-27-18-20-9-11-22(12-10-20)29(2)3/h4-14,17-18H,15-16H2,1-3H3,(H,28,31)/b27-18+. The molecule has 0 unspecified atom stereocenters. The Labute approximate surface area is 205 Å². The molecule has 3 aromatic carbocycles. The molecule has 1 amide bonds. The minimum atomic E-state index is -3.91. The van der Waals surface area contributed by atoms with Gasteiger partial charge >= 0.3 is 0 Å². The number of hydrazone groups is 1. The maximum absolute atomic E-state index is 13.4. The molecular formula is C25H27ClN4O3S. The van der Waals surface area contributed by atoms with Crippen molar-refractivity contribution in [3.05, 3.63) is 88.9 Å². The van der Waals surface area contributed by atoms with Crippen molar-refractivity contribution in [1.82, 2.24) is 5.43 Å². The molecule has 178 valence electrons. The number of sulfonamides is 1. The van der Waals surface area contributed by atoms with Gasteiger partial charge in [0.15, 0.2) is 0 Å². The zero-order valence-corrected chi connectivity index (χ0v) is 20.8. The van der Waals surface area contributed by atoms with Gasteiger partial charge in [-0.2, -0.15) is 5.10 Å². The number of aryl methyl sites for hydroxylation is 1. The highest BCUT2D eigenvalue weighted by Gasteiger charge is 2.25. The SMILES string of the molecule is Cc1ccc(S(=O)(=O)N(CCC(=O)N/N=C/c2ccc(N(C)C)cc2)c2cccc(Cl)c2)cc1. The quantitative estimate of drug-likeness (QED) is 0.349. The van der Waals surface area contributed by atoms with E-state index >= 15 is 0 Å². The smallest absolute Gasteiger partial charge is 0.264 e. The molecule has 0 saturated heterocycles. The first-order valence-corrected chi connectivity index (χ1v) is 12.4. The number of anilines is 2. The van der Waals surface area contributed by atoms with Gasteiger partial charge in [-0.3, -0.25) is 9.10 Å². The second kappa shape index (κ2) is 11.2. The number of carbonyl (C=O) groups is 1. The lowest BCUT2D eigenvalue weighted by atomic mass is 10.2. The Morgan fingerprint density at radius 1 is 1.00 bits per heavy atom. The van der Waals surface area contributed by atoms with E-state index in [1.54, 1.807) is 48.5 Å². The van der Waals surface area contributed by atoms with Crippen LogP contribution in [0.25, 0.3) is 0 Å². The van der Waals surface area contributed by atoms with Crippen molar-refractivity contribution < 1.29 is 13.2 Å². The van der Waals surface area contributed by atoms with E-state index in [9.17, 15) is 13.2 Å². The highest BCUT2D eigenvalue weighted by Crippen LogP contribution is 2.26. The Balaban J connectivity index is 1.71. The van der Waals surface area contributed by atoms with Gasteiger partial charge in [-0.15, -0.1) is 0 Å². The molecule has 0 spiro atoms. The Kier molecular flexibility index (Phi) is 8.31. The van der Waals surface area contributed by atoms with Crippen molar-refractivity contribution in [2.45, 2.75) is 18.2 Å². The van der Waals surface area contributed by atoms with E-state index in [1.165, 1.54) is 10.5 Å². The number of rotatable bonds is 9. The number of hydrogen-bond donors (Lipinski definition) is 1. The fourth-order valence-corrected chi connectivity index (χ4v) is 4.79. The molecule has 9 heteroatoms. The third kappa shape index (κ3) is 6.59. The number of nitrogens with one attached hydrogen (secondary N) is 1. The van der Waals surface area contributed by atoms with Crippen LogP contribution in [-0.2, 0) is 14.8 Å². The van der Waals surface area contributed by atoms with Crippen LogP contribution in [0.15, 0.2) is 82.8 Å². The zero-order chi connectivity index (χ0) is 24.7. The Hall–Kier alpha value is -3.36. The summed E-state index contributed by atoms with van der Waals surface area (Å²) in [5, 5.41) is 4.38. The van der Waals surface area contributed by atoms with Crippen molar-refractivity contribution in [1.29, 1.82) is 0 Å². The lowest BCUT2D eigenvalue weighted by Crippen LogP contribution is -2.34. The molecule has 3 aromatic rings. The summed E-state index contributed by atoms with van der Waals surface area (Å²) in [6.45, 7) is 1.81. The topological polar surface area (TPSA) is 82.1 Å². The molecular weight excluding hydrogens is 472 g/mol. The maximum atomic E-state index is 13.4. The molecule has 0 aliphatic carbocycles. The Bertz CT molecular complexity index is 1260. The molecule has 1 N–H and O–H groups in total. The molecule has 0 aliphatic heterocycles. The van der Waals surface area contributed by atoms with Crippen LogP contribution in [0.2, 0.25) is 5.02 Å². The van der Waals surface area contributed by atoms with E-state index in [2.05, 4.69) is 10.5 Å². The van der Waals surface area contributed by atoms with Crippen LogP contribution in [0.5, 0.6) is 0 Å². The molecule has 0 heterocycles. The number of carbonyl (C=O) groups excluding carboxylic acids is 1. The van der Waals surface area contributed by atoms with E-state index < -0.39 is 15.9 Å². The first-order chi connectivity index (χ1) is 16.2. The summed E-state index contributed by atoms with van der Waals surface area (Å²) in [5.41, 5.74) is 5.66. The van der Waals surface area contributed by atoms with Crippen LogP contribution in [0, 0.1) is 6.92 Å². The summed E-state index contributed by atoms with van der Waals surface area (Å²) in [6.07, 6.45) is 1.45. The largest absolute Gasteiger partial charge is 0.378 e. The summed E-state index contributed by atoms with van der Waals surface area (Å²) in [6, 6.07) is 20.8. The predicted octanol–water partition coefficient (Wildman–Crippen LogP) is 4.45. The van der Waals surface area contributed by atoms with Crippen LogP contribution >= 0.6 is 11.6 Å². The van der Waals surface area contributed by atoms with Crippen molar-refractivity contribution in [2.24, 2.45) is 5.10 Å². The Morgan fingerprint density at radius 3 is 2.29 bits per heavy atom. The predicted molar refractivity (Wildman–Crippen MR) is 138 cm³/mol. The molecule has 0 fully saturated rings. The monoisotopic (exact) mass is 498 g/mol. The van der Waals surface area contributed by atoms with E-state index in [0.29, 0.717) is 10.7 Å². The number of halogens is 1. The molecule has 0 radical (unpaired) electrons. The van der Waals surface area contributed by atoms with Crippen LogP contribution in [-0.4, -0.2) is 41.2 Å². The molecule has 7 nitrogen and oxygen atoms in total. The highest BCUT2D eigenvalue weighted by molar-refractivity contribution is 7.92. The number of hydrogen-bond acceptors (Lipinski definition) is 5. The van der Waals surface area contributed by atoms with Crippen LogP contribution in [0.3, 0.4) is 0 Å². The summed E-state index contributed by atoms with van der Waals surface area (Å²) in [5.74, 6) is -0.410. The van der Waals surface area contributed by atoms with Gasteiger partial charge in [0.1, 0.15) is 0 Å². The molecule has 34 heavy (non-hydrogen) atoms. The van der Waals surface area contributed by atoms with Gasteiger partial charge in [-0.1, -0.05) is 47.5 Å². The van der Waals surface area contributed by atoms with E-state index in [4.69, 9.17) is 11.6 Å². The molecule has 0 aliphatic rings. The lowest BCUT2D eigenvalue weighted by molar-refractivity contribution is -0.120. The van der Waals surface area contributed by atoms with E-state index in [-0.39, 0.29) is 17.9 Å². The van der Waals surface area contributed by atoms with Crippen molar-refractivity contribution in [2.75, 3.05) is 29.8 Å². The summed E-state index contributed by atoms with van der Waals surface area (Å²) in [7, 11) is 0.00113. The first kappa shape index (κ1) is 25.3. The van der Waals surface area contributed by atoms with Crippen molar-refractivity contribution in [3.8, 4) is 0 Å². The summed E-state index contributed by atoms with van der Waals surface area (Å²) >= 11 is 6.10. The minimum absolute atomic E-state index is 0.0740. The van der Waals surface area contributed by atoms with Gasteiger partial charge in [0, 0.05) is 37.8 Å². The van der Waals surface area contributed by atoms with Gasteiger partial charge in [-0.25, -0.2) is 13.8 Å². The molecule has 0 aromatic heterocycles. The molecule has 3 rings (SSSR count). The van der Waals surface area contributed by atoms with E-state index in [1.807, 2.05) is 50.2 Å². The van der Waals surface area contributed by atoms with Crippen molar-refractivity contribution >= 4 is 45.1 Å². The third-order valence-electron chi connectivity index (χ3n) is 5.06. The number of amides is 1. The van der Waals surface area contributed by atoms with Crippen LogP contribution in [0.1, 0.15) is 17.5 Å². The van der Waals surface area contributed by atoms with Gasteiger partial charge < -0.3 is 4.90 Å². The molecule has 0 bridgehead atoms. The zero-order valence-electron chi connectivity index (χ0n) is 19.3.